The Kier molecular flexibility index (Phi) is 4.77. The number of ether oxygens (including phenoxy) is 3. The molecule has 9 heteroatoms. The van der Waals surface area contributed by atoms with Crippen molar-refractivity contribution in [3.05, 3.63) is 18.0 Å². The zero-order chi connectivity index (χ0) is 16.1. The summed E-state index contributed by atoms with van der Waals surface area (Å²) in [6.45, 7) is 0. The lowest BCUT2D eigenvalue weighted by molar-refractivity contribution is -0.115. The third-order valence-electron chi connectivity index (χ3n) is 2.98. The van der Waals surface area contributed by atoms with Crippen LogP contribution in [0, 0.1) is 0 Å². The van der Waals surface area contributed by atoms with Gasteiger partial charge in [-0.25, -0.2) is 4.68 Å². The molecule has 1 N–H and O–H groups in total. The molecule has 1 amide bonds. The van der Waals surface area contributed by atoms with Crippen LogP contribution < -0.4 is 19.5 Å². The minimum absolute atomic E-state index is 0.0557. The van der Waals surface area contributed by atoms with Crippen LogP contribution in [-0.2, 0) is 18.3 Å². The summed E-state index contributed by atoms with van der Waals surface area (Å²) in [4.78, 5) is 12.1. The molecule has 1 aromatic heterocycles. The van der Waals surface area contributed by atoms with Crippen LogP contribution in [0.4, 0.5) is 5.69 Å². The van der Waals surface area contributed by atoms with Crippen molar-refractivity contribution in [2.45, 2.75) is 6.42 Å². The molecule has 1 heterocycles. The number of nitrogens with zero attached hydrogens (tertiary/aromatic N) is 4. The minimum Gasteiger partial charge on any atom is -0.493 e. The van der Waals surface area contributed by atoms with Gasteiger partial charge in [0.1, 0.15) is 0 Å². The Hall–Kier alpha value is -2.84. The molecule has 0 aliphatic heterocycles. The van der Waals surface area contributed by atoms with E-state index >= 15 is 0 Å². The molecular formula is C13H17N5O4. The number of aryl methyl sites for hydroxylation is 1. The maximum absolute atomic E-state index is 12.1. The van der Waals surface area contributed by atoms with Crippen molar-refractivity contribution in [3.8, 4) is 17.2 Å². The van der Waals surface area contributed by atoms with E-state index in [2.05, 4.69) is 20.8 Å². The predicted molar refractivity (Wildman–Crippen MR) is 77.2 cm³/mol. The average Bonchev–Trinajstić information content (AvgIpc) is 2.91. The third-order valence-corrected chi connectivity index (χ3v) is 2.98. The first-order valence-electron chi connectivity index (χ1n) is 6.40. The molecule has 0 aliphatic rings. The number of carbonyl (C=O) groups excluding carboxylic acids is 1. The lowest BCUT2D eigenvalue weighted by Gasteiger charge is -2.14. The molecule has 0 unspecified atom stereocenters. The fourth-order valence-electron chi connectivity index (χ4n) is 1.90. The summed E-state index contributed by atoms with van der Waals surface area (Å²) >= 11 is 0. The number of benzene rings is 1. The van der Waals surface area contributed by atoms with Gasteiger partial charge in [-0.15, -0.1) is 5.10 Å². The molecule has 2 rings (SSSR count). The second-order valence-corrected chi connectivity index (χ2v) is 4.36. The predicted octanol–water partition coefficient (Wildman–Crippen LogP) is 0.417. The first-order chi connectivity index (χ1) is 10.6. The normalized spacial score (nSPS) is 10.2. The number of tetrazole rings is 1. The second kappa shape index (κ2) is 6.74. The summed E-state index contributed by atoms with van der Waals surface area (Å²) in [5.41, 5.74) is 0.523. The number of hydrogen-bond donors (Lipinski definition) is 1. The van der Waals surface area contributed by atoms with Gasteiger partial charge in [-0.3, -0.25) is 4.79 Å². The largest absolute Gasteiger partial charge is 0.493 e. The van der Waals surface area contributed by atoms with Gasteiger partial charge in [0.05, 0.1) is 27.8 Å². The molecule has 0 spiro atoms. The van der Waals surface area contributed by atoms with E-state index in [-0.39, 0.29) is 12.3 Å². The quantitative estimate of drug-likeness (QED) is 0.825. The number of anilines is 1. The Balaban J connectivity index is 2.18. The zero-order valence-electron chi connectivity index (χ0n) is 12.8. The molecule has 0 atom stereocenters. The molecule has 0 radical (unpaired) electrons. The lowest BCUT2D eigenvalue weighted by atomic mass is 10.2. The van der Waals surface area contributed by atoms with Gasteiger partial charge in [-0.2, -0.15) is 0 Å². The summed E-state index contributed by atoms with van der Waals surface area (Å²) in [6, 6.07) is 3.29. The Bertz CT molecular complexity index is 645. The van der Waals surface area contributed by atoms with Gasteiger partial charge in [-0.05, 0) is 10.4 Å². The number of hydrogen-bond acceptors (Lipinski definition) is 7. The van der Waals surface area contributed by atoms with Crippen molar-refractivity contribution >= 4 is 11.6 Å². The van der Waals surface area contributed by atoms with Crippen LogP contribution in [0.25, 0.3) is 0 Å². The van der Waals surface area contributed by atoms with Crippen LogP contribution in [0.15, 0.2) is 12.1 Å². The van der Waals surface area contributed by atoms with E-state index in [1.54, 1.807) is 19.2 Å². The van der Waals surface area contributed by atoms with E-state index in [0.717, 1.165) is 0 Å². The fraction of sp³-hybridized carbons (Fsp3) is 0.385. The van der Waals surface area contributed by atoms with Crippen LogP contribution in [0.5, 0.6) is 17.2 Å². The van der Waals surface area contributed by atoms with E-state index in [0.29, 0.717) is 28.8 Å². The second-order valence-electron chi connectivity index (χ2n) is 4.36. The maximum atomic E-state index is 12.1. The molecule has 118 valence electrons. The average molecular weight is 307 g/mol. The Labute approximate surface area is 127 Å². The monoisotopic (exact) mass is 307 g/mol. The molecule has 9 nitrogen and oxygen atoms in total. The number of carbonyl (C=O) groups is 1. The first-order valence-corrected chi connectivity index (χ1v) is 6.40. The third kappa shape index (κ3) is 3.25. The highest BCUT2D eigenvalue weighted by molar-refractivity contribution is 5.92. The molecule has 0 bridgehead atoms. The highest BCUT2D eigenvalue weighted by Crippen LogP contribution is 2.39. The Morgan fingerprint density at radius 1 is 1.18 bits per heavy atom. The summed E-state index contributed by atoms with van der Waals surface area (Å²) in [7, 11) is 6.20. The molecule has 1 aromatic carbocycles. The van der Waals surface area contributed by atoms with E-state index in [1.807, 2.05) is 0 Å². The summed E-state index contributed by atoms with van der Waals surface area (Å²) < 4.78 is 17.1. The van der Waals surface area contributed by atoms with Crippen molar-refractivity contribution in [2.75, 3.05) is 26.6 Å². The summed E-state index contributed by atoms with van der Waals surface area (Å²) in [5.74, 6) is 1.58. The fourth-order valence-corrected chi connectivity index (χ4v) is 1.90. The van der Waals surface area contributed by atoms with E-state index < -0.39 is 0 Å². The van der Waals surface area contributed by atoms with Crippen molar-refractivity contribution in [2.24, 2.45) is 7.05 Å². The molecule has 0 aliphatic carbocycles. The van der Waals surface area contributed by atoms with Crippen molar-refractivity contribution in [1.29, 1.82) is 0 Å². The molecule has 0 saturated heterocycles. The first kappa shape index (κ1) is 15.5. The molecular weight excluding hydrogens is 290 g/mol. The number of rotatable bonds is 6. The van der Waals surface area contributed by atoms with Crippen molar-refractivity contribution in [3.63, 3.8) is 0 Å². The molecule has 2 aromatic rings. The number of nitrogens with one attached hydrogen (secondary N) is 1. The van der Waals surface area contributed by atoms with Gasteiger partial charge in [0.2, 0.25) is 11.7 Å². The van der Waals surface area contributed by atoms with Gasteiger partial charge in [0, 0.05) is 24.9 Å². The SMILES string of the molecule is COc1cc(NC(=O)Cc2nnnn2C)cc(OC)c1OC. The van der Waals surface area contributed by atoms with Crippen LogP contribution in [0.2, 0.25) is 0 Å². The van der Waals surface area contributed by atoms with E-state index in [4.69, 9.17) is 14.2 Å². The van der Waals surface area contributed by atoms with E-state index in [9.17, 15) is 4.79 Å². The molecule has 0 saturated carbocycles. The molecule has 0 fully saturated rings. The maximum Gasteiger partial charge on any atom is 0.232 e. The topological polar surface area (TPSA) is 100 Å². The highest BCUT2D eigenvalue weighted by Gasteiger charge is 2.15. The number of methoxy groups -OCH3 is 3. The van der Waals surface area contributed by atoms with Gasteiger partial charge in [0.25, 0.3) is 0 Å². The van der Waals surface area contributed by atoms with Gasteiger partial charge < -0.3 is 19.5 Å². The zero-order valence-corrected chi connectivity index (χ0v) is 12.8. The number of amides is 1. The van der Waals surface area contributed by atoms with Crippen molar-refractivity contribution in [1.82, 2.24) is 20.2 Å². The van der Waals surface area contributed by atoms with Gasteiger partial charge in [0.15, 0.2) is 17.3 Å². The minimum atomic E-state index is -0.257. The lowest BCUT2D eigenvalue weighted by Crippen LogP contribution is -2.17. The standard InChI is InChI=1S/C13H17N5O4/c1-18-11(15-16-17-18)7-12(19)14-8-5-9(20-2)13(22-4)10(6-8)21-3/h5-6H,7H2,1-4H3,(H,14,19). The molecule has 22 heavy (non-hydrogen) atoms. The van der Waals surface area contributed by atoms with Crippen LogP contribution in [0.1, 0.15) is 5.82 Å². The van der Waals surface area contributed by atoms with Crippen LogP contribution in [0.3, 0.4) is 0 Å². The summed E-state index contributed by atoms with van der Waals surface area (Å²) in [5, 5.41) is 13.7. The van der Waals surface area contributed by atoms with E-state index in [1.165, 1.54) is 26.0 Å². The van der Waals surface area contributed by atoms with Crippen LogP contribution in [-0.4, -0.2) is 47.4 Å². The van der Waals surface area contributed by atoms with Gasteiger partial charge >= 0.3 is 0 Å². The Morgan fingerprint density at radius 3 is 2.27 bits per heavy atom. The van der Waals surface area contributed by atoms with Crippen LogP contribution >= 0.6 is 0 Å². The van der Waals surface area contributed by atoms with Gasteiger partial charge in [-0.1, -0.05) is 0 Å². The van der Waals surface area contributed by atoms with Crippen molar-refractivity contribution < 1.29 is 19.0 Å². The highest BCUT2D eigenvalue weighted by atomic mass is 16.5. The Morgan fingerprint density at radius 2 is 1.82 bits per heavy atom. The number of aromatic nitrogens is 4. The summed E-state index contributed by atoms with van der Waals surface area (Å²) in [6.07, 6.45) is 0.0557. The smallest absolute Gasteiger partial charge is 0.232 e.